The molecule has 1 aliphatic heterocycles. The Hall–Kier alpha value is -4.17. The van der Waals surface area contributed by atoms with E-state index in [1.807, 2.05) is 49.4 Å². The highest BCUT2D eigenvalue weighted by molar-refractivity contribution is 6.46. The number of hydrogen-bond donors (Lipinski definition) is 1. The predicted molar refractivity (Wildman–Crippen MR) is 147 cm³/mol. The molecule has 1 fully saturated rings. The van der Waals surface area contributed by atoms with Crippen LogP contribution < -0.4 is 4.74 Å². The van der Waals surface area contributed by atoms with Crippen LogP contribution in [0.2, 0.25) is 0 Å². The molecule has 8 heteroatoms. The molecular weight excluding hydrogens is 480 g/mol. The molecule has 2 heterocycles. The maximum absolute atomic E-state index is 13.4. The Balaban J connectivity index is 1.79. The van der Waals surface area contributed by atoms with E-state index in [4.69, 9.17) is 4.74 Å². The number of carbonyl (C=O) groups is 2. The average Bonchev–Trinajstić information content (AvgIpc) is 3.45. The van der Waals surface area contributed by atoms with Gasteiger partial charge < -0.3 is 19.6 Å². The Morgan fingerprint density at radius 1 is 1.11 bits per heavy atom. The molecule has 1 saturated heterocycles. The number of nitrogens with zero attached hydrogens (tertiary/aromatic N) is 4. The van der Waals surface area contributed by atoms with Crippen LogP contribution in [0.4, 0.5) is 0 Å². The van der Waals surface area contributed by atoms with E-state index in [0.717, 1.165) is 18.8 Å². The Kier molecular flexibility index (Phi) is 8.43. The number of aromatic nitrogens is 2. The lowest BCUT2D eigenvalue weighted by molar-refractivity contribution is -0.140. The number of likely N-dealkylation sites (tertiary alicyclic amines) is 1. The number of ether oxygens (including phenoxy) is 1. The lowest BCUT2D eigenvalue weighted by Gasteiger charge is -2.28. The number of Topliss-reactive ketones (excluding diaryl/α,β-unsaturated/α-hetero) is 1. The SMILES string of the molecule is C=CCOc1ccc(C2C(=C(O)c3cnn(-c4ccccc4)c3C)C(=O)C(=O)N2CCN(CC)CC)cc1. The Morgan fingerprint density at radius 2 is 1.79 bits per heavy atom. The van der Waals surface area contributed by atoms with E-state index in [2.05, 4.69) is 30.4 Å². The summed E-state index contributed by atoms with van der Waals surface area (Å²) in [6.07, 6.45) is 3.19. The fourth-order valence-electron chi connectivity index (χ4n) is 4.76. The molecule has 1 aromatic heterocycles. The molecule has 1 atom stereocenters. The molecule has 1 amide bonds. The third-order valence-corrected chi connectivity index (χ3v) is 6.92. The van der Waals surface area contributed by atoms with Gasteiger partial charge in [-0.05, 0) is 49.8 Å². The van der Waals surface area contributed by atoms with Gasteiger partial charge in [-0.15, -0.1) is 0 Å². The maximum atomic E-state index is 13.4. The van der Waals surface area contributed by atoms with Crippen LogP contribution in [0.3, 0.4) is 0 Å². The Bertz CT molecular complexity index is 1320. The van der Waals surface area contributed by atoms with E-state index >= 15 is 0 Å². The van der Waals surface area contributed by atoms with Gasteiger partial charge >= 0.3 is 0 Å². The number of aliphatic hydroxyl groups excluding tert-OH is 1. The molecular formula is C30H34N4O4. The molecule has 1 N–H and O–H groups in total. The first-order chi connectivity index (χ1) is 18.4. The molecule has 198 valence electrons. The van der Waals surface area contributed by atoms with E-state index in [0.29, 0.717) is 42.3 Å². The summed E-state index contributed by atoms with van der Waals surface area (Å²) in [6.45, 7) is 12.6. The fourth-order valence-corrected chi connectivity index (χ4v) is 4.76. The summed E-state index contributed by atoms with van der Waals surface area (Å²) < 4.78 is 7.31. The van der Waals surface area contributed by atoms with Gasteiger partial charge in [-0.25, -0.2) is 4.68 Å². The molecule has 0 aliphatic carbocycles. The van der Waals surface area contributed by atoms with Crippen LogP contribution in [-0.2, 0) is 9.59 Å². The quantitative estimate of drug-likeness (QED) is 0.175. The highest BCUT2D eigenvalue weighted by Gasteiger charge is 2.46. The zero-order valence-corrected chi connectivity index (χ0v) is 22.1. The Labute approximate surface area is 223 Å². The van der Waals surface area contributed by atoms with Crippen molar-refractivity contribution in [2.75, 3.05) is 32.8 Å². The van der Waals surface area contributed by atoms with Crippen molar-refractivity contribution in [2.24, 2.45) is 0 Å². The van der Waals surface area contributed by atoms with Crippen molar-refractivity contribution >= 4 is 17.4 Å². The average molecular weight is 515 g/mol. The van der Waals surface area contributed by atoms with Crippen molar-refractivity contribution in [1.29, 1.82) is 0 Å². The minimum atomic E-state index is -0.738. The van der Waals surface area contributed by atoms with Crippen molar-refractivity contribution in [1.82, 2.24) is 19.6 Å². The monoisotopic (exact) mass is 514 g/mol. The normalized spacial score (nSPS) is 16.8. The summed E-state index contributed by atoms with van der Waals surface area (Å²) in [7, 11) is 0. The van der Waals surface area contributed by atoms with E-state index in [1.165, 1.54) is 6.20 Å². The van der Waals surface area contributed by atoms with Gasteiger partial charge in [0.1, 0.15) is 18.1 Å². The van der Waals surface area contributed by atoms with Gasteiger partial charge in [0.2, 0.25) is 0 Å². The summed E-state index contributed by atoms with van der Waals surface area (Å²) in [5, 5.41) is 16.0. The Morgan fingerprint density at radius 3 is 2.42 bits per heavy atom. The number of hydrogen-bond acceptors (Lipinski definition) is 6. The van der Waals surface area contributed by atoms with Gasteiger partial charge in [-0.1, -0.05) is 56.8 Å². The summed E-state index contributed by atoms with van der Waals surface area (Å²) in [5.41, 5.74) is 2.67. The number of likely N-dealkylation sites (N-methyl/N-ethyl adjacent to an activating group) is 1. The van der Waals surface area contributed by atoms with E-state index in [9.17, 15) is 14.7 Å². The van der Waals surface area contributed by atoms with Gasteiger partial charge in [0.25, 0.3) is 11.7 Å². The summed E-state index contributed by atoms with van der Waals surface area (Å²) in [5.74, 6) is -0.909. The van der Waals surface area contributed by atoms with Crippen LogP contribution in [0.15, 0.2) is 79.0 Å². The van der Waals surface area contributed by atoms with Crippen molar-refractivity contribution in [3.63, 3.8) is 0 Å². The number of carbonyl (C=O) groups excluding carboxylic acids is 2. The van der Waals surface area contributed by atoms with Crippen molar-refractivity contribution < 1.29 is 19.4 Å². The van der Waals surface area contributed by atoms with Crippen molar-refractivity contribution in [2.45, 2.75) is 26.8 Å². The van der Waals surface area contributed by atoms with Crippen LogP contribution in [-0.4, -0.2) is 69.2 Å². The van der Waals surface area contributed by atoms with Crippen LogP contribution in [0.25, 0.3) is 11.4 Å². The van der Waals surface area contributed by atoms with Gasteiger partial charge in [-0.2, -0.15) is 5.10 Å². The smallest absolute Gasteiger partial charge is 0.295 e. The second-order valence-corrected chi connectivity index (χ2v) is 9.08. The van der Waals surface area contributed by atoms with Gasteiger partial charge in [-0.3, -0.25) is 9.59 Å². The minimum absolute atomic E-state index is 0.0602. The molecule has 8 nitrogen and oxygen atoms in total. The van der Waals surface area contributed by atoms with Gasteiger partial charge in [0.05, 0.1) is 34.8 Å². The lowest BCUT2D eigenvalue weighted by Crippen LogP contribution is -2.38. The highest BCUT2D eigenvalue weighted by Crippen LogP contribution is 2.40. The first-order valence-corrected chi connectivity index (χ1v) is 12.9. The fraction of sp³-hybridized carbons (Fsp3) is 0.300. The molecule has 3 aromatic rings. The standard InChI is InChI=1S/C30H34N4O4/c1-5-19-38-24-15-13-22(14-16-24)27-26(29(36)30(37)33(27)18-17-32(6-2)7-3)28(35)25-20-31-34(21(25)4)23-11-9-8-10-12-23/h5,8-16,20,27,35H,1,6-7,17-19H2,2-4H3. The number of benzene rings is 2. The largest absolute Gasteiger partial charge is 0.507 e. The molecule has 0 bridgehead atoms. The van der Waals surface area contributed by atoms with E-state index < -0.39 is 17.7 Å². The van der Waals surface area contributed by atoms with E-state index in [-0.39, 0.29) is 11.3 Å². The minimum Gasteiger partial charge on any atom is -0.507 e. The second kappa shape index (κ2) is 11.9. The van der Waals surface area contributed by atoms with Gasteiger partial charge in [0, 0.05) is 13.1 Å². The first-order valence-electron chi connectivity index (χ1n) is 12.9. The van der Waals surface area contributed by atoms with E-state index in [1.54, 1.807) is 27.8 Å². The number of para-hydroxylation sites is 1. The molecule has 2 aromatic carbocycles. The molecule has 1 unspecified atom stereocenters. The number of ketones is 1. The molecule has 4 rings (SSSR count). The lowest BCUT2D eigenvalue weighted by atomic mass is 9.95. The number of amides is 1. The first kappa shape index (κ1) is 26.9. The summed E-state index contributed by atoms with van der Waals surface area (Å²) in [6, 6.07) is 16.0. The van der Waals surface area contributed by atoms with Crippen LogP contribution in [0, 0.1) is 6.92 Å². The maximum Gasteiger partial charge on any atom is 0.295 e. The van der Waals surface area contributed by atoms with Crippen LogP contribution in [0.1, 0.15) is 36.7 Å². The topological polar surface area (TPSA) is 87.9 Å². The summed E-state index contributed by atoms with van der Waals surface area (Å²) in [4.78, 5) is 30.5. The predicted octanol–water partition coefficient (Wildman–Crippen LogP) is 4.51. The molecule has 38 heavy (non-hydrogen) atoms. The molecule has 1 aliphatic rings. The molecule has 0 radical (unpaired) electrons. The third kappa shape index (κ3) is 5.26. The molecule has 0 spiro atoms. The number of aliphatic hydroxyl groups is 1. The zero-order chi connectivity index (χ0) is 27.2. The van der Waals surface area contributed by atoms with Gasteiger partial charge in [0.15, 0.2) is 0 Å². The highest BCUT2D eigenvalue weighted by atomic mass is 16.5. The number of rotatable bonds is 11. The summed E-state index contributed by atoms with van der Waals surface area (Å²) >= 11 is 0. The van der Waals surface area contributed by atoms with Crippen molar-refractivity contribution in [3.05, 3.63) is 95.8 Å². The zero-order valence-electron chi connectivity index (χ0n) is 22.1. The van der Waals surface area contributed by atoms with Crippen LogP contribution in [0.5, 0.6) is 5.75 Å². The molecule has 0 saturated carbocycles. The van der Waals surface area contributed by atoms with Crippen molar-refractivity contribution in [3.8, 4) is 11.4 Å². The van der Waals surface area contributed by atoms with Crippen LogP contribution >= 0.6 is 0 Å². The third-order valence-electron chi connectivity index (χ3n) is 6.92. The second-order valence-electron chi connectivity index (χ2n) is 9.08.